The minimum Gasteiger partial charge on any atom is -0.496 e. The molecule has 0 amide bonds. The summed E-state index contributed by atoms with van der Waals surface area (Å²) in [6.07, 6.45) is 0.713. The summed E-state index contributed by atoms with van der Waals surface area (Å²) in [5.41, 5.74) is 3.55. The van der Waals surface area contributed by atoms with Crippen molar-refractivity contribution in [3.63, 3.8) is 0 Å². The van der Waals surface area contributed by atoms with E-state index in [0.717, 1.165) is 11.3 Å². The normalized spacial score (nSPS) is 10.8. The molecule has 1 rings (SSSR count). The highest BCUT2D eigenvalue weighted by molar-refractivity contribution is 5.45. The third-order valence-corrected chi connectivity index (χ3v) is 2.59. The monoisotopic (exact) mass is 208 g/mol. The van der Waals surface area contributed by atoms with Crippen molar-refractivity contribution in [2.75, 3.05) is 13.7 Å². The van der Waals surface area contributed by atoms with Crippen LogP contribution in [0.25, 0.3) is 0 Å². The predicted molar refractivity (Wildman–Crippen MR) is 62.6 cm³/mol. The molecule has 1 aromatic carbocycles. The van der Waals surface area contributed by atoms with Gasteiger partial charge >= 0.3 is 0 Å². The van der Waals surface area contributed by atoms with Crippen LogP contribution in [0.15, 0.2) is 12.1 Å². The first-order valence-corrected chi connectivity index (χ1v) is 5.38. The van der Waals surface area contributed by atoms with E-state index in [0.29, 0.717) is 12.3 Å². The van der Waals surface area contributed by atoms with E-state index in [1.807, 2.05) is 6.92 Å². The Morgan fingerprint density at radius 3 is 2.47 bits per heavy atom. The van der Waals surface area contributed by atoms with E-state index in [-0.39, 0.29) is 6.61 Å². The molecule has 0 aliphatic heterocycles. The molecule has 0 spiro atoms. The van der Waals surface area contributed by atoms with Gasteiger partial charge in [0.05, 0.1) is 7.11 Å². The number of aryl methyl sites for hydroxylation is 1. The van der Waals surface area contributed by atoms with E-state index >= 15 is 0 Å². The first-order valence-electron chi connectivity index (χ1n) is 5.38. The first kappa shape index (κ1) is 12.1. The van der Waals surface area contributed by atoms with Crippen molar-refractivity contribution in [1.29, 1.82) is 0 Å². The molecule has 84 valence electrons. The number of aliphatic hydroxyl groups excluding tert-OH is 1. The summed E-state index contributed by atoms with van der Waals surface area (Å²) in [6, 6.07) is 4.22. The van der Waals surface area contributed by atoms with Crippen LogP contribution in [-0.4, -0.2) is 18.8 Å². The van der Waals surface area contributed by atoms with Crippen LogP contribution in [0.3, 0.4) is 0 Å². The molecule has 2 heteroatoms. The van der Waals surface area contributed by atoms with Crippen molar-refractivity contribution in [2.45, 2.75) is 33.1 Å². The van der Waals surface area contributed by atoms with E-state index < -0.39 is 0 Å². The van der Waals surface area contributed by atoms with Crippen molar-refractivity contribution < 1.29 is 9.84 Å². The van der Waals surface area contributed by atoms with E-state index in [2.05, 4.69) is 26.0 Å². The molecule has 0 heterocycles. The molecule has 1 aromatic rings. The summed E-state index contributed by atoms with van der Waals surface area (Å²) < 4.78 is 5.41. The van der Waals surface area contributed by atoms with Crippen LogP contribution in [-0.2, 0) is 6.42 Å². The van der Waals surface area contributed by atoms with Crippen molar-refractivity contribution in [2.24, 2.45) is 0 Å². The molecule has 0 radical (unpaired) electrons. The molecular formula is C13H20O2. The number of hydrogen-bond acceptors (Lipinski definition) is 2. The molecule has 0 bridgehead atoms. The fourth-order valence-electron chi connectivity index (χ4n) is 1.86. The highest BCUT2D eigenvalue weighted by atomic mass is 16.5. The van der Waals surface area contributed by atoms with Gasteiger partial charge < -0.3 is 9.84 Å². The van der Waals surface area contributed by atoms with Gasteiger partial charge in [-0.15, -0.1) is 0 Å². The maximum Gasteiger partial charge on any atom is 0.125 e. The Kier molecular flexibility index (Phi) is 4.15. The molecule has 0 saturated carbocycles. The number of rotatable bonds is 4. The summed E-state index contributed by atoms with van der Waals surface area (Å²) >= 11 is 0. The molecule has 0 fully saturated rings. The lowest BCUT2D eigenvalue weighted by Gasteiger charge is -2.16. The molecule has 2 nitrogen and oxygen atoms in total. The largest absolute Gasteiger partial charge is 0.496 e. The molecule has 15 heavy (non-hydrogen) atoms. The van der Waals surface area contributed by atoms with Gasteiger partial charge in [-0.1, -0.05) is 26.0 Å². The van der Waals surface area contributed by atoms with Crippen molar-refractivity contribution in [3.05, 3.63) is 28.8 Å². The van der Waals surface area contributed by atoms with Gasteiger partial charge in [-0.3, -0.25) is 0 Å². The van der Waals surface area contributed by atoms with Gasteiger partial charge in [0.15, 0.2) is 0 Å². The Balaban J connectivity index is 3.19. The topological polar surface area (TPSA) is 29.5 Å². The van der Waals surface area contributed by atoms with E-state index in [4.69, 9.17) is 9.84 Å². The van der Waals surface area contributed by atoms with Crippen LogP contribution in [0.5, 0.6) is 5.75 Å². The Morgan fingerprint density at radius 2 is 2.00 bits per heavy atom. The Morgan fingerprint density at radius 1 is 1.33 bits per heavy atom. The predicted octanol–water partition coefficient (Wildman–Crippen LogP) is 2.66. The molecule has 0 atom stereocenters. The van der Waals surface area contributed by atoms with Gasteiger partial charge in [-0.2, -0.15) is 0 Å². The van der Waals surface area contributed by atoms with Gasteiger partial charge in [-0.25, -0.2) is 0 Å². The van der Waals surface area contributed by atoms with Gasteiger partial charge in [0.1, 0.15) is 5.75 Å². The fraction of sp³-hybridized carbons (Fsp3) is 0.538. The molecule has 0 aromatic heterocycles. The van der Waals surface area contributed by atoms with E-state index in [1.165, 1.54) is 11.1 Å². The summed E-state index contributed by atoms with van der Waals surface area (Å²) in [6.45, 7) is 6.55. The molecule has 1 N–H and O–H groups in total. The third-order valence-electron chi connectivity index (χ3n) is 2.59. The molecule has 0 unspecified atom stereocenters. The molecule has 0 aliphatic rings. The average molecular weight is 208 g/mol. The van der Waals surface area contributed by atoms with E-state index in [9.17, 15) is 0 Å². The Labute approximate surface area is 91.9 Å². The lowest BCUT2D eigenvalue weighted by Crippen LogP contribution is -2.00. The second-order valence-corrected chi connectivity index (χ2v) is 4.16. The van der Waals surface area contributed by atoms with Gasteiger partial charge in [0.25, 0.3) is 0 Å². The summed E-state index contributed by atoms with van der Waals surface area (Å²) in [7, 11) is 1.71. The molecular weight excluding hydrogens is 188 g/mol. The van der Waals surface area contributed by atoms with Crippen molar-refractivity contribution in [3.8, 4) is 5.75 Å². The zero-order valence-electron chi connectivity index (χ0n) is 10.0. The zero-order chi connectivity index (χ0) is 11.4. The number of aliphatic hydroxyl groups is 1. The quantitative estimate of drug-likeness (QED) is 0.824. The van der Waals surface area contributed by atoms with Crippen LogP contribution in [0.2, 0.25) is 0 Å². The number of hydrogen-bond donors (Lipinski definition) is 1. The second-order valence-electron chi connectivity index (χ2n) is 4.16. The van der Waals surface area contributed by atoms with Crippen molar-refractivity contribution in [1.82, 2.24) is 0 Å². The van der Waals surface area contributed by atoms with Gasteiger partial charge in [0, 0.05) is 6.61 Å². The lowest BCUT2D eigenvalue weighted by molar-refractivity contribution is 0.299. The summed E-state index contributed by atoms with van der Waals surface area (Å²) in [5, 5.41) is 8.94. The average Bonchev–Trinajstić information content (AvgIpc) is 2.17. The number of benzene rings is 1. The standard InChI is InChI=1S/C13H20O2/c1-9(2)12-8-11(5-6-14)7-10(3)13(12)15-4/h7-9,14H,5-6H2,1-4H3. The molecule has 0 saturated heterocycles. The number of ether oxygens (including phenoxy) is 1. The zero-order valence-corrected chi connectivity index (χ0v) is 10.0. The minimum absolute atomic E-state index is 0.198. The molecule has 0 aliphatic carbocycles. The number of methoxy groups -OCH3 is 1. The summed E-state index contributed by atoms with van der Waals surface area (Å²) in [5.74, 6) is 1.42. The van der Waals surface area contributed by atoms with Crippen LogP contribution in [0.4, 0.5) is 0 Å². The fourth-order valence-corrected chi connectivity index (χ4v) is 1.86. The van der Waals surface area contributed by atoms with Crippen LogP contribution in [0.1, 0.15) is 36.5 Å². The highest BCUT2D eigenvalue weighted by Crippen LogP contribution is 2.31. The van der Waals surface area contributed by atoms with Gasteiger partial charge in [-0.05, 0) is 36.0 Å². The van der Waals surface area contributed by atoms with Crippen molar-refractivity contribution >= 4 is 0 Å². The minimum atomic E-state index is 0.198. The van der Waals surface area contributed by atoms with Crippen LogP contribution in [0, 0.1) is 6.92 Å². The van der Waals surface area contributed by atoms with Crippen LogP contribution < -0.4 is 4.74 Å². The smallest absolute Gasteiger partial charge is 0.125 e. The Hall–Kier alpha value is -1.02. The van der Waals surface area contributed by atoms with Gasteiger partial charge in [0.2, 0.25) is 0 Å². The van der Waals surface area contributed by atoms with E-state index in [1.54, 1.807) is 7.11 Å². The second kappa shape index (κ2) is 5.17. The van der Waals surface area contributed by atoms with Crippen LogP contribution >= 0.6 is 0 Å². The highest BCUT2D eigenvalue weighted by Gasteiger charge is 2.11. The SMILES string of the molecule is COc1c(C)cc(CCO)cc1C(C)C. The third kappa shape index (κ3) is 2.72. The first-order chi connectivity index (χ1) is 7.10. The summed E-state index contributed by atoms with van der Waals surface area (Å²) in [4.78, 5) is 0. The Bertz CT molecular complexity index is 330. The maximum atomic E-state index is 8.94. The lowest BCUT2D eigenvalue weighted by atomic mass is 9.95. The maximum absolute atomic E-state index is 8.94.